The van der Waals surface area contributed by atoms with Crippen molar-refractivity contribution in [1.29, 1.82) is 0 Å². The monoisotopic (exact) mass is 469 g/mol. The number of nitrogens with zero attached hydrogens (tertiary/aromatic N) is 2. The van der Waals surface area contributed by atoms with Crippen LogP contribution >= 0.6 is 0 Å². The van der Waals surface area contributed by atoms with Crippen molar-refractivity contribution in [2.45, 2.75) is 0 Å². The van der Waals surface area contributed by atoms with Crippen LogP contribution in [0.2, 0.25) is 0 Å². The molecule has 1 N–H and O–H groups in total. The zero-order chi connectivity index (χ0) is 23.8. The van der Waals surface area contributed by atoms with Crippen LogP contribution in [0.1, 0.15) is 5.56 Å². The molecule has 9 nitrogen and oxygen atoms in total. The largest absolute Gasteiger partial charge is 0.482 e. The Morgan fingerprint density at radius 3 is 2.42 bits per heavy atom. The maximum absolute atomic E-state index is 12.4. The standard InChI is InChI=1S/C23H23N3O6S/c1-31-23(28)16-32-19-12-10-17(11-13-19)14-24-25-22(27)15-26(33(2,29)30)21-9-5-7-18-6-3-4-8-20(18)21/h3-14H,15-16H2,1-2H3,(H,25,27)/b24-14-. The highest BCUT2D eigenvalue weighted by Gasteiger charge is 2.22. The lowest BCUT2D eigenvalue weighted by molar-refractivity contribution is -0.142. The Balaban J connectivity index is 1.65. The number of nitrogens with one attached hydrogen (secondary N) is 1. The van der Waals surface area contributed by atoms with Crippen LogP contribution in [0.3, 0.4) is 0 Å². The van der Waals surface area contributed by atoms with E-state index < -0.39 is 28.4 Å². The van der Waals surface area contributed by atoms with Crippen LogP contribution in [0, 0.1) is 0 Å². The Morgan fingerprint density at radius 1 is 1.03 bits per heavy atom. The highest BCUT2D eigenvalue weighted by Crippen LogP contribution is 2.28. The van der Waals surface area contributed by atoms with E-state index in [4.69, 9.17) is 4.74 Å². The van der Waals surface area contributed by atoms with Gasteiger partial charge in [-0.05, 0) is 41.3 Å². The van der Waals surface area contributed by atoms with Gasteiger partial charge in [0.05, 0.1) is 25.3 Å². The lowest BCUT2D eigenvalue weighted by atomic mass is 10.1. The van der Waals surface area contributed by atoms with Gasteiger partial charge >= 0.3 is 5.97 Å². The molecule has 10 heteroatoms. The number of esters is 1. The fraction of sp³-hybridized carbons (Fsp3) is 0.174. The first-order valence-corrected chi connectivity index (χ1v) is 11.7. The summed E-state index contributed by atoms with van der Waals surface area (Å²) in [6.45, 7) is -0.627. The Kier molecular flexibility index (Phi) is 7.62. The summed E-state index contributed by atoms with van der Waals surface area (Å²) in [7, 11) is -2.45. The number of sulfonamides is 1. The van der Waals surface area contributed by atoms with Crippen LogP contribution in [0.4, 0.5) is 5.69 Å². The minimum atomic E-state index is -3.73. The van der Waals surface area contributed by atoms with Gasteiger partial charge in [-0.2, -0.15) is 5.10 Å². The van der Waals surface area contributed by atoms with E-state index in [2.05, 4.69) is 15.3 Å². The molecule has 0 unspecified atom stereocenters. The van der Waals surface area contributed by atoms with Gasteiger partial charge in [0, 0.05) is 5.39 Å². The molecular formula is C23H23N3O6S. The number of methoxy groups -OCH3 is 1. The molecule has 33 heavy (non-hydrogen) atoms. The van der Waals surface area contributed by atoms with E-state index in [9.17, 15) is 18.0 Å². The highest BCUT2D eigenvalue weighted by atomic mass is 32.2. The summed E-state index contributed by atoms with van der Waals surface area (Å²) in [4.78, 5) is 23.5. The third-order valence-electron chi connectivity index (χ3n) is 4.59. The van der Waals surface area contributed by atoms with Crippen LogP contribution in [-0.4, -0.2) is 53.0 Å². The van der Waals surface area contributed by atoms with Crippen LogP contribution < -0.4 is 14.5 Å². The number of benzene rings is 3. The molecule has 0 saturated heterocycles. The summed E-state index contributed by atoms with van der Waals surface area (Å²) in [6.07, 6.45) is 2.46. The third-order valence-corrected chi connectivity index (χ3v) is 5.72. The van der Waals surface area contributed by atoms with Gasteiger partial charge in [0.1, 0.15) is 12.3 Å². The van der Waals surface area contributed by atoms with Gasteiger partial charge in [-0.3, -0.25) is 9.10 Å². The summed E-state index contributed by atoms with van der Waals surface area (Å²) >= 11 is 0. The van der Waals surface area contributed by atoms with Crippen LogP contribution in [0.15, 0.2) is 71.8 Å². The zero-order valence-electron chi connectivity index (χ0n) is 18.1. The first-order valence-electron chi connectivity index (χ1n) is 9.85. The molecule has 3 aromatic carbocycles. The lowest BCUT2D eigenvalue weighted by Crippen LogP contribution is -2.39. The van der Waals surface area contributed by atoms with Gasteiger partial charge < -0.3 is 9.47 Å². The first kappa shape index (κ1) is 23.7. The van der Waals surface area contributed by atoms with Crippen molar-refractivity contribution in [1.82, 2.24) is 5.43 Å². The molecule has 0 aliphatic carbocycles. The zero-order valence-corrected chi connectivity index (χ0v) is 18.9. The number of hydrazone groups is 1. The molecule has 0 bridgehead atoms. The van der Waals surface area contributed by atoms with E-state index in [-0.39, 0.29) is 6.61 Å². The number of carbonyl (C=O) groups excluding carboxylic acids is 2. The Morgan fingerprint density at radius 2 is 1.73 bits per heavy atom. The normalized spacial score (nSPS) is 11.3. The average molecular weight is 470 g/mol. The fourth-order valence-electron chi connectivity index (χ4n) is 3.00. The SMILES string of the molecule is COC(=O)COc1ccc(/C=N\NC(=O)CN(c2cccc3ccccc23)S(C)(=O)=O)cc1. The molecular weight excluding hydrogens is 446 g/mol. The second-order valence-electron chi connectivity index (χ2n) is 6.99. The van der Waals surface area contributed by atoms with Crippen LogP contribution in [0.5, 0.6) is 5.75 Å². The van der Waals surface area contributed by atoms with Crippen molar-refractivity contribution in [3.8, 4) is 5.75 Å². The quantitative estimate of drug-likeness (QED) is 0.292. The predicted octanol–water partition coefficient (Wildman–Crippen LogP) is 2.31. The second kappa shape index (κ2) is 10.6. The third kappa shape index (κ3) is 6.53. The second-order valence-corrected chi connectivity index (χ2v) is 8.90. The number of hydrogen-bond acceptors (Lipinski definition) is 7. The van der Waals surface area contributed by atoms with Crippen LogP contribution in [0.25, 0.3) is 10.8 Å². The Hall–Kier alpha value is -3.92. The van der Waals surface area contributed by atoms with Gasteiger partial charge in [-0.1, -0.05) is 36.4 Å². The van der Waals surface area contributed by atoms with E-state index >= 15 is 0 Å². The minimum Gasteiger partial charge on any atom is -0.482 e. The van der Waals surface area contributed by atoms with Crippen molar-refractivity contribution in [2.24, 2.45) is 5.10 Å². The maximum atomic E-state index is 12.4. The molecule has 0 saturated carbocycles. The molecule has 0 aromatic heterocycles. The van der Waals surface area contributed by atoms with Gasteiger partial charge in [0.2, 0.25) is 10.0 Å². The number of amides is 1. The summed E-state index contributed by atoms with van der Waals surface area (Å²) in [6, 6.07) is 19.2. The molecule has 0 spiro atoms. The molecule has 0 atom stereocenters. The van der Waals surface area contributed by atoms with Crippen LogP contribution in [-0.2, 0) is 24.3 Å². The van der Waals surface area contributed by atoms with E-state index in [1.165, 1.54) is 13.3 Å². The molecule has 1 amide bonds. The van der Waals surface area contributed by atoms with E-state index in [1.807, 2.05) is 24.3 Å². The van der Waals surface area contributed by atoms with Crippen molar-refractivity contribution >= 4 is 44.6 Å². The summed E-state index contributed by atoms with van der Waals surface area (Å²) < 4.78 is 35.6. The summed E-state index contributed by atoms with van der Waals surface area (Å²) in [5.74, 6) is -0.613. The minimum absolute atomic E-state index is 0.201. The summed E-state index contributed by atoms with van der Waals surface area (Å²) in [5, 5.41) is 5.47. The number of ether oxygens (including phenoxy) is 2. The lowest BCUT2D eigenvalue weighted by Gasteiger charge is -2.23. The topological polar surface area (TPSA) is 114 Å². The maximum Gasteiger partial charge on any atom is 0.343 e. The Bertz CT molecular complexity index is 1270. The number of rotatable bonds is 9. The van der Waals surface area contributed by atoms with Crippen molar-refractivity contribution in [3.05, 3.63) is 72.3 Å². The summed E-state index contributed by atoms with van der Waals surface area (Å²) in [5.41, 5.74) is 3.42. The van der Waals surface area contributed by atoms with Gasteiger partial charge in [0.25, 0.3) is 5.91 Å². The van der Waals surface area contributed by atoms with E-state index in [0.29, 0.717) is 17.0 Å². The van der Waals surface area contributed by atoms with Crippen molar-refractivity contribution < 1.29 is 27.5 Å². The molecule has 172 valence electrons. The first-order chi connectivity index (χ1) is 15.8. The average Bonchev–Trinajstić information content (AvgIpc) is 2.81. The fourth-order valence-corrected chi connectivity index (χ4v) is 3.87. The number of carbonyl (C=O) groups is 2. The van der Waals surface area contributed by atoms with Crippen molar-refractivity contribution in [2.75, 3.05) is 30.8 Å². The molecule has 0 aliphatic rings. The molecule has 0 fully saturated rings. The van der Waals surface area contributed by atoms with Gasteiger partial charge in [-0.25, -0.2) is 18.6 Å². The molecule has 0 aliphatic heterocycles. The highest BCUT2D eigenvalue weighted by molar-refractivity contribution is 7.92. The number of fused-ring (bicyclic) bond motifs is 1. The van der Waals surface area contributed by atoms with E-state index in [0.717, 1.165) is 21.3 Å². The van der Waals surface area contributed by atoms with Gasteiger partial charge in [-0.15, -0.1) is 0 Å². The molecule has 3 rings (SSSR count). The van der Waals surface area contributed by atoms with Gasteiger partial charge in [0.15, 0.2) is 6.61 Å². The predicted molar refractivity (Wildman–Crippen MR) is 126 cm³/mol. The number of anilines is 1. The molecule has 3 aromatic rings. The van der Waals surface area contributed by atoms with Crippen molar-refractivity contribution in [3.63, 3.8) is 0 Å². The smallest absolute Gasteiger partial charge is 0.343 e. The van der Waals surface area contributed by atoms with E-state index in [1.54, 1.807) is 42.5 Å². The molecule has 0 radical (unpaired) electrons. The Labute approximate surface area is 191 Å². The molecule has 0 heterocycles. The number of hydrogen-bond donors (Lipinski definition) is 1.